The zero-order chi connectivity index (χ0) is 10.7. The zero-order valence-electron chi connectivity index (χ0n) is 9.16. The van der Waals surface area contributed by atoms with Crippen LogP contribution in [-0.2, 0) is 4.79 Å². The fraction of sp³-hybridized carbons (Fsp3) is 0.900. The molecule has 3 unspecified atom stereocenters. The number of hydrogen-bond donors (Lipinski definition) is 2. The number of hydrogen-bond acceptors (Lipinski definition) is 3. The lowest BCUT2D eigenvalue weighted by atomic mass is 10.0. The molecule has 1 rings (SSSR count). The van der Waals surface area contributed by atoms with Crippen LogP contribution in [0.3, 0.4) is 0 Å². The van der Waals surface area contributed by atoms with Gasteiger partial charge in [0.15, 0.2) is 0 Å². The van der Waals surface area contributed by atoms with Gasteiger partial charge in [-0.15, -0.1) is 0 Å². The summed E-state index contributed by atoms with van der Waals surface area (Å²) in [6.45, 7) is 5.13. The Hall–Kier alpha value is -0.610. The number of likely N-dealkylation sites (N-methyl/N-ethyl adjacent to an activating group) is 1. The van der Waals surface area contributed by atoms with Crippen molar-refractivity contribution in [1.82, 2.24) is 10.2 Å². The summed E-state index contributed by atoms with van der Waals surface area (Å²) >= 11 is 0. The second-order valence-electron chi connectivity index (χ2n) is 4.08. The first-order chi connectivity index (χ1) is 6.56. The van der Waals surface area contributed by atoms with E-state index < -0.39 is 0 Å². The normalized spacial score (nSPS) is 26.3. The Kier molecular flexibility index (Phi) is 3.89. The molecule has 14 heavy (non-hydrogen) atoms. The lowest BCUT2D eigenvalue weighted by Crippen LogP contribution is -2.42. The number of nitrogens with zero attached hydrogens (tertiary/aromatic N) is 1. The monoisotopic (exact) mass is 200 g/mol. The second-order valence-corrected chi connectivity index (χ2v) is 4.08. The minimum atomic E-state index is -0.308. The Morgan fingerprint density at radius 3 is 2.64 bits per heavy atom. The van der Waals surface area contributed by atoms with Crippen LogP contribution in [0.4, 0.5) is 0 Å². The number of rotatable bonds is 3. The molecule has 0 aromatic rings. The van der Waals surface area contributed by atoms with Gasteiger partial charge < -0.3 is 15.3 Å². The Morgan fingerprint density at radius 1 is 1.57 bits per heavy atom. The van der Waals surface area contributed by atoms with Crippen LogP contribution in [0.1, 0.15) is 20.3 Å². The molecule has 1 aliphatic heterocycles. The lowest BCUT2D eigenvalue weighted by molar-refractivity contribution is -0.132. The van der Waals surface area contributed by atoms with Crippen molar-refractivity contribution in [1.29, 1.82) is 0 Å². The molecule has 4 nitrogen and oxygen atoms in total. The van der Waals surface area contributed by atoms with Crippen LogP contribution in [0.25, 0.3) is 0 Å². The van der Waals surface area contributed by atoms with Crippen LogP contribution in [-0.4, -0.2) is 48.2 Å². The minimum Gasteiger partial charge on any atom is -0.393 e. The predicted molar refractivity (Wildman–Crippen MR) is 54.9 cm³/mol. The van der Waals surface area contributed by atoms with E-state index in [0.717, 1.165) is 13.0 Å². The van der Waals surface area contributed by atoms with Gasteiger partial charge in [0.25, 0.3) is 0 Å². The van der Waals surface area contributed by atoms with Crippen molar-refractivity contribution in [3.05, 3.63) is 0 Å². The van der Waals surface area contributed by atoms with Gasteiger partial charge in [0.05, 0.1) is 12.1 Å². The van der Waals surface area contributed by atoms with Crippen molar-refractivity contribution in [2.24, 2.45) is 5.92 Å². The Balaban J connectivity index is 2.45. The molecule has 1 saturated heterocycles. The topological polar surface area (TPSA) is 52.6 Å². The first kappa shape index (κ1) is 11.5. The van der Waals surface area contributed by atoms with Crippen molar-refractivity contribution in [2.45, 2.75) is 32.4 Å². The third-order valence-electron chi connectivity index (χ3n) is 3.02. The minimum absolute atomic E-state index is 0.122. The van der Waals surface area contributed by atoms with E-state index in [4.69, 9.17) is 0 Å². The molecule has 0 bridgehead atoms. The van der Waals surface area contributed by atoms with Crippen molar-refractivity contribution in [3.63, 3.8) is 0 Å². The fourth-order valence-electron chi connectivity index (χ4n) is 1.78. The average Bonchev–Trinajstić information content (AvgIpc) is 2.64. The molecule has 1 amide bonds. The van der Waals surface area contributed by atoms with Crippen molar-refractivity contribution in [3.8, 4) is 0 Å². The number of amides is 1. The Bertz CT molecular complexity index is 206. The van der Waals surface area contributed by atoms with E-state index in [-0.39, 0.29) is 24.0 Å². The van der Waals surface area contributed by atoms with Gasteiger partial charge in [-0.2, -0.15) is 0 Å². The van der Waals surface area contributed by atoms with Crippen molar-refractivity contribution >= 4 is 5.91 Å². The Labute approximate surface area is 85.3 Å². The van der Waals surface area contributed by atoms with E-state index in [2.05, 4.69) is 5.32 Å². The number of carbonyl (C=O) groups excluding carboxylic acids is 1. The molecular weight excluding hydrogens is 180 g/mol. The molecule has 1 heterocycles. The van der Waals surface area contributed by atoms with Gasteiger partial charge in [0.1, 0.15) is 0 Å². The molecule has 0 aromatic carbocycles. The van der Waals surface area contributed by atoms with Crippen LogP contribution in [0.2, 0.25) is 0 Å². The van der Waals surface area contributed by atoms with Gasteiger partial charge in [-0.25, -0.2) is 0 Å². The summed E-state index contributed by atoms with van der Waals surface area (Å²) in [4.78, 5) is 13.6. The molecule has 0 radical (unpaired) electrons. The summed E-state index contributed by atoms with van der Waals surface area (Å²) in [5.41, 5.74) is 0. The van der Waals surface area contributed by atoms with E-state index in [1.165, 1.54) is 0 Å². The zero-order valence-corrected chi connectivity index (χ0v) is 9.16. The Morgan fingerprint density at radius 2 is 2.21 bits per heavy atom. The van der Waals surface area contributed by atoms with Crippen LogP contribution < -0.4 is 5.32 Å². The summed E-state index contributed by atoms with van der Waals surface area (Å²) in [6.07, 6.45) is 0.609. The maximum atomic E-state index is 11.7. The highest BCUT2D eigenvalue weighted by Crippen LogP contribution is 2.19. The SMILES string of the molecule is CNC(C)C(=O)N1CCC(C(C)O)C1. The maximum Gasteiger partial charge on any atom is 0.239 e. The van der Waals surface area contributed by atoms with E-state index in [1.807, 2.05) is 11.8 Å². The molecule has 1 aliphatic rings. The van der Waals surface area contributed by atoms with Crippen molar-refractivity contribution < 1.29 is 9.90 Å². The lowest BCUT2D eigenvalue weighted by Gasteiger charge is -2.21. The summed E-state index contributed by atoms with van der Waals surface area (Å²) in [6, 6.07) is -0.122. The second kappa shape index (κ2) is 4.75. The van der Waals surface area contributed by atoms with Crippen LogP contribution in [0, 0.1) is 5.92 Å². The maximum absolute atomic E-state index is 11.7. The molecule has 4 heteroatoms. The number of nitrogens with one attached hydrogen (secondary N) is 1. The predicted octanol–water partition coefficient (Wildman–Crippen LogP) is -0.176. The van der Waals surface area contributed by atoms with Gasteiger partial charge in [-0.1, -0.05) is 0 Å². The van der Waals surface area contributed by atoms with Gasteiger partial charge >= 0.3 is 0 Å². The quantitative estimate of drug-likeness (QED) is 0.664. The number of carbonyl (C=O) groups is 1. The molecule has 0 aromatic heterocycles. The summed E-state index contributed by atoms with van der Waals surface area (Å²) < 4.78 is 0. The smallest absolute Gasteiger partial charge is 0.239 e. The van der Waals surface area contributed by atoms with E-state index in [9.17, 15) is 9.90 Å². The van der Waals surface area contributed by atoms with Crippen LogP contribution in [0.15, 0.2) is 0 Å². The van der Waals surface area contributed by atoms with Gasteiger partial charge in [0, 0.05) is 19.0 Å². The average molecular weight is 200 g/mol. The van der Waals surface area contributed by atoms with Gasteiger partial charge in [0.2, 0.25) is 5.91 Å². The van der Waals surface area contributed by atoms with Crippen molar-refractivity contribution in [2.75, 3.05) is 20.1 Å². The van der Waals surface area contributed by atoms with E-state index >= 15 is 0 Å². The molecule has 1 fully saturated rings. The highest BCUT2D eigenvalue weighted by Gasteiger charge is 2.30. The number of aliphatic hydroxyl groups excluding tert-OH is 1. The molecule has 82 valence electrons. The molecule has 0 spiro atoms. The van der Waals surface area contributed by atoms with Crippen LogP contribution >= 0.6 is 0 Å². The third kappa shape index (κ3) is 2.45. The largest absolute Gasteiger partial charge is 0.393 e. The standard InChI is InChI=1S/C10H20N2O2/c1-7(11-3)10(14)12-5-4-9(6-12)8(2)13/h7-9,11,13H,4-6H2,1-3H3. The number of likely N-dealkylation sites (tertiary alicyclic amines) is 1. The summed E-state index contributed by atoms with van der Waals surface area (Å²) in [7, 11) is 1.78. The van der Waals surface area contributed by atoms with Gasteiger partial charge in [-0.3, -0.25) is 4.79 Å². The first-order valence-corrected chi connectivity index (χ1v) is 5.20. The molecule has 0 aliphatic carbocycles. The molecule has 2 N–H and O–H groups in total. The highest BCUT2D eigenvalue weighted by atomic mass is 16.3. The van der Waals surface area contributed by atoms with Crippen LogP contribution in [0.5, 0.6) is 0 Å². The highest BCUT2D eigenvalue weighted by molar-refractivity contribution is 5.81. The number of aliphatic hydroxyl groups is 1. The molecule has 0 saturated carbocycles. The first-order valence-electron chi connectivity index (χ1n) is 5.20. The summed E-state index contributed by atoms with van der Waals surface area (Å²) in [5.74, 6) is 0.388. The van der Waals surface area contributed by atoms with Gasteiger partial charge in [-0.05, 0) is 27.3 Å². The third-order valence-corrected chi connectivity index (χ3v) is 3.02. The van der Waals surface area contributed by atoms with E-state index in [1.54, 1.807) is 14.0 Å². The van der Waals surface area contributed by atoms with E-state index in [0.29, 0.717) is 6.54 Å². The molecule has 3 atom stereocenters. The fourth-order valence-corrected chi connectivity index (χ4v) is 1.78. The summed E-state index contributed by atoms with van der Waals surface area (Å²) in [5, 5.41) is 12.3. The molecular formula is C10H20N2O2.